The van der Waals surface area contributed by atoms with E-state index in [0.717, 1.165) is 47.6 Å². The zero-order valence-electron chi connectivity index (χ0n) is 18.9. The first-order valence-electron chi connectivity index (χ1n) is 10.7. The summed E-state index contributed by atoms with van der Waals surface area (Å²) in [4.78, 5) is 6.03. The van der Waals surface area contributed by atoms with Gasteiger partial charge in [0.2, 0.25) is 0 Å². The fraction of sp³-hybridized carbons (Fsp3) is 0.520. The Balaban J connectivity index is 1.85. The summed E-state index contributed by atoms with van der Waals surface area (Å²) in [6.07, 6.45) is 6.04. The van der Waals surface area contributed by atoms with E-state index in [4.69, 9.17) is 14.5 Å². The van der Waals surface area contributed by atoms with Crippen molar-refractivity contribution in [3.63, 3.8) is 0 Å². The molecule has 0 saturated carbocycles. The molecule has 0 unspecified atom stereocenters. The fourth-order valence-electron chi connectivity index (χ4n) is 3.81. The molecule has 2 aromatic rings. The summed E-state index contributed by atoms with van der Waals surface area (Å²) in [5.74, 6) is 2.08. The molecular weight excluding hydrogens is 392 g/mol. The van der Waals surface area contributed by atoms with E-state index < -0.39 is 0 Å². The summed E-state index contributed by atoms with van der Waals surface area (Å²) in [6, 6.07) is 8.22. The van der Waals surface area contributed by atoms with Gasteiger partial charge in [-0.05, 0) is 73.3 Å². The minimum Gasteiger partial charge on any atom is -0.493 e. The third-order valence-electron chi connectivity index (χ3n) is 6.00. The number of hydrogen-bond donors (Lipinski definition) is 0. The molecule has 1 aromatic heterocycles. The minimum absolute atomic E-state index is 0.131. The van der Waals surface area contributed by atoms with Crippen LogP contribution < -0.4 is 9.47 Å². The Morgan fingerprint density at radius 1 is 1.33 bits per heavy atom. The first-order chi connectivity index (χ1) is 14.3. The number of hydrogen-bond acceptors (Lipinski definition) is 5. The van der Waals surface area contributed by atoms with Gasteiger partial charge >= 0.3 is 0 Å². The van der Waals surface area contributed by atoms with Crippen molar-refractivity contribution in [3.8, 4) is 17.6 Å². The number of fused-ring (bicyclic) bond motifs is 1. The molecule has 0 aliphatic heterocycles. The number of methoxy groups -OCH3 is 1. The van der Waals surface area contributed by atoms with Crippen molar-refractivity contribution in [2.45, 2.75) is 66.4 Å². The smallest absolute Gasteiger partial charge is 0.161 e. The van der Waals surface area contributed by atoms with E-state index in [1.807, 2.05) is 31.3 Å². The highest BCUT2D eigenvalue weighted by Gasteiger charge is 2.32. The fourth-order valence-corrected chi connectivity index (χ4v) is 5.03. The summed E-state index contributed by atoms with van der Waals surface area (Å²) in [6.45, 7) is 11.1. The van der Waals surface area contributed by atoms with Gasteiger partial charge in [-0.15, -0.1) is 11.3 Å². The highest BCUT2D eigenvalue weighted by atomic mass is 32.1. The number of benzene rings is 1. The van der Waals surface area contributed by atoms with Crippen LogP contribution in [0.3, 0.4) is 0 Å². The van der Waals surface area contributed by atoms with Gasteiger partial charge in [0.15, 0.2) is 11.5 Å². The summed E-state index contributed by atoms with van der Waals surface area (Å²) < 4.78 is 11.4. The van der Waals surface area contributed by atoms with Crippen molar-refractivity contribution in [2.24, 2.45) is 16.3 Å². The van der Waals surface area contributed by atoms with E-state index in [1.165, 1.54) is 10.4 Å². The average Bonchev–Trinajstić information content (AvgIpc) is 3.08. The van der Waals surface area contributed by atoms with Crippen molar-refractivity contribution in [3.05, 3.63) is 39.8 Å². The molecule has 1 aromatic carbocycles. The van der Waals surface area contributed by atoms with Crippen molar-refractivity contribution >= 4 is 22.6 Å². The topological polar surface area (TPSA) is 54.6 Å². The molecule has 160 valence electrons. The van der Waals surface area contributed by atoms with Crippen LogP contribution in [0.25, 0.3) is 0 Å². The maximum atomic E-state index is 9.76. The molecule has 0 bridgehead atoms. The second kappa shape index (κ2) is 9.22. The van der Waals surface area contributed by atoms with Gasteiger partial charge in [-0.2, -0.15) is 5.26 Å². The zero-order chi connectivity index (χ0) is 21.9. The van der Waals surface area contributed by atoms with Gasteiger partial charge in [-0.1, -0.05) is 27.7 Å². The minimum atomic E-state index is 0.131. The predicted molar refractivity (Wildman–Crippen MR) is 125 cm³/mol. The molecule has 2 atom stereocenters. The summed E-state index contributed by atoms with van der Waals surface area (Å²) in [5.41, 5.74) is 3.17. The normalized spacial score (nSPS) is 17.4. The van der Waals surface area contributed by atoms with Gasteiger partial charge in [0.25, 0.3) is 0 Å². The number of ether oxygens (including phenoxy) is 2. The quantitative estimate of drug-likeness (QED) is 0.484. The van der Waals surface area contributed by atoms with E-state index in [-0.39, 0.29) is 11.5 Å². The first-order valence-corrected chi connectivity index (χ1v) is 11.5. The molecule has 5 heteroatoms. The van der Waals surface area contributed by atoms with Crippen molar-refractivity contribution < 1.29 is 9.47 Å². The van der Waals surface area contributed by atoms with Crippen LogP contribution in [-0.2, 0) is 12.8 Å². The molecular formula is C25H32N2O2S. The number of nitriles is 1. The molecule has 0 fully saturated rings. The molecule has 0 amide bonds. The van der Waals surface area contributed by atoms with Gasteiger partial charge in [-0.25, -0.2) is 4.99 Å². The lowest BCUT2D eigenvalue weighted by atomic mass is 9.72. The largest absolute Gasteiger partial charge is 0.493 e. The molecule has 0 radical (unpaired) electrons. The number of aliphatic imine (C=N–C) groups is 1. The molecule has 3 rings (SSSR count). The van der Waals surface area contributed by atoms with Crippen LogP contribution in [-0.4, -0.2) is 19.4 Å². The second-order valence-electron chi connectivity index (χ2n) is 9.11. The summed E-state index contributed by atoms with van der Waals surface area (Å²) in [5, 5.41) is 10.6. The van der Waals surface area contributed by atoms with Gasteiger partial charge in [0, 0.05) is 11.1 Å². The third-order valence-corrected chi connectivity index (χ3v) is 7.17. The van der Waals surface area contributed by atoms with E-state index in [2.05, 4.69) is 33.8 Å². The Hall–Kier alpha value is -2.32. The van der Waals surface area contributed by atoms with Crippen LogP contribution >= 0.6 is 11.3 Å². The molecule has 0 N–H and O–H groups in total. The molecule has 0 saturated heterocycles. The second-order valence-corrected chi connectivity index (χ2v) is 10.2. The monoisotopic (exact) mass is 424 g/mol. The zero-order valence-corrected chi connectivity index (χ0v) is 19.7. The maximum Gasteiger partial charge on any atom is 0.161 e. The van der Waals surface area contributed by atoms with E-state index in [9.17, 15) is 5.26 Å². The average molecular weight is 425 g/mol. The van der Waals surface area contributed by atoms with Crippen LogP contribution in [0, 0.1) is 22.7 Å². The molecule has 1 aliphatic carbocycles. The number of rotatable bonds is 6. The summed E-state index contributed by atoms with van der Waals surface area (Å²) in [7, 11) is 1.65. The van der Waals surface area contributed by atoms with Crippen LogP contribution in [0.2, 0.25) is 0 Å². The van der Waals surface area contributed by atoms with Crippen molar-refractivity contribution in [2.75, 3.05) is 7.11 Å². The van der Waals surface area contributed by atoms with Gasteiger partial charge in [0.1, 0.15) is 11.1 Å². The Bertz CT molecular complexity index is 963. The maximum absolute atomic E-state index is 9.76. The van der Waals surface area contributed by atoms with E-state index in [1.54, 1.807) is 18.4 Å². The van der Waals surface area contributed by atoms with Crippen LogP contribution in [0.15, 0.2) is 23.2 Å². The van der Waals surface area contributed by atoms with Crippen LogP contribution in [0.5, 0.6) is 11.5 Å². The lowest BCUT2D eigenvalue weighted by molar-refractivity contribution is 0.207. The van der Waals surface area contributed by atoms with Crippen molar-refractivity contribution in [1.82, 2.24) is 0 Å². The lowest BCUT2D eigenvalue weighted by Crippen LogP contribution is -2.26. The third kappa shape index (κ3) is 4.87. The molecule has 4 nitrogen and oxygen atoms in total. The molecule has 0 spiro atoms. The lowest BCUT2D eigenvalue weighted by Gasteiger charge is -2.33. The Labute approximate surface area is 184 Å². The SMILES string of the molecule is CC[C@@H](C)Oc1ccc(C=Nc2sc3c(c2C#N)CC[C@H](C(C)(C)C)C3)cc1OC. The van der Waals surface area contributed by atoms with E-state index in [0.29, 0.717) is 11.7 Å². The van der Waals surface area contributed by atoms with Gasteiger partial charge in [-0.3, -0.25) is 0 Å². The molecule has 1 aliphatic rings. The standard InChI is InChI=1S/C25H32N2O2S/c1-7-16(2)29-21-11-8-17(12-22(21)28-6)15-27-24-20(14-26)19-10-9-18(25(3,4)5)13-23(19)30-24/h8,11-12,15-16,18H,7,9-10,13H2,1-6H3/t16-,18+/m1/s1. The first kappa shape index (κ1) is 22.4. The molecule has 1 heterocycles. The Morgan fingerprint density at radius 2 is 2.10 bits per heavy atom. The Morgan fingerprint density at radius 3 is 2.73 bits per heavy atom. The molecule has 30 heavy (non-hydrogen) atoms. The predicted octanol–water partition coefficient (Wildman–Crippen LogP) is 6.71. The highest BCUT2D eigenvalue weighted by molar-refractivity contribution is 7.16. The van der Waals surface area contributed by atoms with Crippen molar-refractivity contribution in [1.29, 1.82) is 5.26 Å². The summed E-state index contributed by atoms with van der Waals surface area (Å²) >= 11 is 1.67. The number of nitrogens with zero attached hydrogens (tertiary/aromatic N) is 2. The number of thiophene rings is 1. The van der Waals surface area contributed by atoms with Gasteiger partial charge in [0.05, 0.1) is 18.8 Å². The van der Waals surface area contributed by atoms with Crippen LogP contribution in [0.4, 0.5) is 5.00 Å². The van der Waals surface area contributed by atoms with E-state index >= 15 is 0 Å². The van der Waals surface area contributed by atoms with Gasteiger partial charge < -0.3 is 9.47 Å². The van der Waals surface area contributed by atoms with Crippen LogP contribution in [0.1, 0.15) is 69.0 Å². The Kier molecular flexibility index (Phi) is 6.88. The highest BCUT2D eigenvalue weighted by Crippen LogP contribution is 2.45.